The second kappa shape index (κ2) is 9.37. The lowest BCUT2D eigenvalue weighted by molar-refractivity contribution is 0.186. The zero-order valence-electron chi connectivity index (χ0n) is 15.7. The topological polar surface area (TPSA) is 57.3 Å². The molecule has 2 amide bonds. The van der Waals surface area contributed by atoms with Crippen molar-refractivity contribution in [2.45, 2.75) is 40.2 Å². The van der Waals surface area contributed by atoms with Crippen LogP contribution >= 0.6 is 0 Å². The fourth-order valence-corrected chi connectivity index (χ4v) is 3.25. The Kier molecular flexibility index (Phi) is 7.19. The van der Waals surface area contributed by atoms with Gasteiger partial charge in [0.1, 0.15) is 0 Å². The zero-order valence-corrected chi connectivity index (χ0v) is 15.7. The molecule has 0 saturated heterocycles. The number of anilines is 1. The van der Waals surface area contributed by atoms with E-state index < -0.39 is 0 Å². The van der Waals surface area contributed by atoms with Crippen molar-refractivity contribution in [2.75, 3.05) is 25.0 Å². The van der Waals surface area contributed by atoms with Crippen molar-refractivity contribution in [1.29, 1.82) is 0 Å². The Balaban J connectivity index is 2.00. The number of urea groups is 1. The van der Waals surface area contributed by atoms with E-state index in [9.17, 15) is 4.79 Å². The number of likely N-dealkylation sites (N-methyl/N-ethyl adjacent to an activating group) is 1. The predicted octanol–water partition coefficient (Wildman–Crippen LogP) is 4.11. The maximum atomic E-state index is 12.4. The summed E-state index contributed by atoms with van der Waals surface area (Å²) in [5.41, 5.74) is 0.806. The van der Waals surface area contributed by atoms with Crippen molar-refractivity contribution in [3.63, 3.8) is 0 Å². The van der Waals surface area contributed by atoms with Crippen LogP contribution in [0.2, 0.25) is 0 Å². The molecular weight excluding hydrogens is 312 g/mol. The summed E-state index contributed by atoms with van der Waals surface area (Å²) in [6, 6.07) is 7.95. The summed E-state index contributed by atoms with van der Waals surface area (Å²) >= 11 is 0. The van der Waals surface area contributed by atoms with Gasteiger partial charge < -0.3 is 10.6 Å². The Labute approximate surface area is 150 Å². The molecule has 0 aliphatic carbocycles. The van der Waals surface area contributed by atoms with Crippen LogP contribution in [0, 0.1) is 5.92 Å². The highest BCUT2D eigenvalue weighted by atomic mass is 16.2. The second-order valence-corrected chi connectivity index (χ2v) is 6.74. The highest BCUT2D eigenvalue weighted by Gasteiger charge is 2.18. The number of carbonyl (C=O) groups excluding carboxylic acids is 1. The van der Waals surface area contributed by atoms with Crippen LogP contribution in [0.3, 0.4) is 0 Å². The fraction of sp³-hybridized carbons (Fsp3) is 0.500. The van der Waals surface area contributed by atoms with Gasteiger partial charge in [-0.3, -0.25) is 9.88 Å². The van der Waals surface area contributed by atoms with Crippen LogP contribution < -0.4 is 10.6 Å². The summed E-state index contributed by atoms with van der Waals surface area (Å²) in [7, 11) is 0. The molecule has 1 aromatic carbocycles. The van der Waals surface area contributed by atoms with Crippen molar-refractivity contribution >= 4 is 22.5 Å². The third-order valence-corrected chi connectivity index (χ3v) is 4.50. The number of carbonyl (C=O) groups is 1. The number of amides is 2. The van der Waals surface area contributed by atoms with Gasteiger partial charge in [0.2, 0.25) is 0 Å². The van der Waals surface area contributed by atoms with Gasteiger partial charge in [-0.15, -0.1) is 0 Å². The molecule has 25 heavy (non-hydrogen) atoms. The molecule has 0 aliphatic rings. The van der Waals surface area contributed by atoms with Gasteiger partial charge in [-0.1, -0.05) is 39.8 Å². The first-order valence-electron chi connectivity index (χ1n) is 9.16. The number of rotatable bonds is 8. The van der Waals surface area contributed by atoms with E-state index in [4.69, 9.17) is 0 Å². The lowest BCUT2D eigenvalue weighted by atomic mass is 10.0. The number of hydrogen-bond donors (Lipinski definition) is 2. The van der Waals surface area contributed by atoms with E-state index in [0.717, 1.165) is 36.0 Å². The van der Waals surface area contributed by atoms with E-state index in [-0.39, 0.29) is 6.03 Å². The summed E-state index contributed by atoms with van der Waals surface area (Å²) in [4.78, 5) is 18.9. The Morgan fingerprint density at radius 1 is 1.20 bits per heavy atom. The summed E-state index contributed by atoms with van der Waals surface area (Å²) < 4.78 is 0. The monoisotopic (exact) mass is 342 g/mol. The smallest absolute Gasteiger partial charge is 0.319 e. The quantitative estimate of drug-likeness (QED) is 0.759. The van der Waals surface area contributed by atoms with E-state index in [1.807, 2.05) is 24.3 Å². The number of pyridine rings is 1. The molecule has 0 aliphatic heterocycles. The summed E-state index contributed by atoms with van der Waals surface area (Å²) in [6.07, 6.45) is 4.61. The van der Waals surface area contributed by atoms with Gasteiger partial charge in [-0.2, -0.15) is 0 Å². The van der Waals surface area contributed by atoms with Crippen LogP contribution in [0.4, 0.5) is 10.5 Å². The SMILES string of the molecule is CCN(CC)C(CNC(=O)Nc1cccc2cnccc12)CC(C)C. The number of hydrogen-bond acceptors (Lipinski definition) is 3. The molecule has 2 aromatic rings. The normalized spacial score (nSPS) is 12.6. The minimum absolute atomic E-state index is 0.162. The van der Waals surface area contributed by atoms with E-state index in [2.05, 4.69) is 48.2 Å². The van der Waals surface area contributed by atoms with Gasteiger partial charge in [0.25, 0.3) is 0 Å². The fourth-order valence-electron chi connectivity index (χ4n) is 3.25. The van der Waals surface area contributed by atoms with Crippen molar-refractivity contribution in [3.05, 3.63) is 36.7 Å². The van der Waals surface area contributed by atoms with E-state index in [1.165, 1.54) is 0 Å². The third-order valence-electron chi connectivity index (χ3n) is 4.50. The molecule has 0 fully saturated rings. The summed E-state index contributed by atoms with van der Waals surface area (Å²) in [5, 5.41) is 8.03. The Morgan fingerprint density at radius 2 is 1.96 bits per heavy atom. The average molecular weight is 342 g/mol. The van der Waals surface area contributed by atoms with Crippen LogP contribution in [0.25, 0.3) is 10.8 Å². The van der Waals surface area contributed by atoms with Gasteiger partial charge >= 0.3 is 6.03 Å². The Morgan fingerprint density at radius 3 is 2.64 bits per heavy atom. The molecule has 1 atom stereocenters. The number of aromatic nitrogens is 1. The third kappa shape index (κ3) is 5.43. The largest absolute Gasteiger partial charge is 0.336 e. The molecule has 0 spiro atoms. The van der Waals surface area contributed by atoms with Crippen molar-refractivity contribution in [3.8, 4) is 0 Å². The highest BCUT2D eigenvalue weighted by molar-refractivity contribution is 6.01. The number of nitrogens with zero attached hydrogens (tertiary/aromatic N) is 2. The van der Waals surface area contributed by atoms with Crippen LogP contribution in [0.5, 0.6) is 0 Å². The van der Waals surface area contributed by atoms with Gasteiger partial charge in [-0.05, 0) is 37.6 Å². The van der Waals surface area contributed by atoms with E-state index >= 15 is 0 Å². The number of nitrogens with one attached hydrogen (secondary N) is 2. The molecule has 1 heterocycles. The van der Waals surface area contributed by atoms with Gasteiger partial charge in [-0.25, -0.2) is 4.79 Å². The lowest BCUT2D eigenvalue weighted by Gasteiger charge is -2.31. The van der Waals surface area contributed by atoms with Gasteiger partial charge in [0, 0.05) is 35.8 Å². The van der Waals surface area contributed by atoms with Crippen molar-refractivity contribution in [1.82, 2.24) is 15.2 Å². The first-order valence-corrected chi connectivity index (χ1v) is 9.16. The summed E-state index contributed by atoms with van der Waals surface area (Å²) in [6.45, 7) is 11.4. The molecule has 1 unspecified atom stereocenters. The van der Waals surface area contributed by atoms with Crippen LogP contribution in [-0.4, -0.2) is 41.6 Å². The molecule has 2 rings (SSSR count). The average Bonchev–Trinajstić information content (AvgIpc) is 2.60. The van der Waals surface area contributed by atoms with Crippen LogP contribution in [0.15, 0.2) is 36.7 Å². The molecule has 0 radical (unpaired) electrons. The molecule has 1 aromatic heterocycles. The van der Waals surface area contributed by atoms with Crippen LogP contribution in [-0.2, 0) is 0 Å². The first kappa shape index (κ1) is 19.2. The van der Waals surface area contributed by atoms with Crippen LogP contribution in [0.1, 0.15) is 34.1 Å². The molecule has 0 bridgehead atoms. The highest BCUT2D eigenvalue weighted by Crippen LogP contribution is 2.22. The predicted molar refractivity (Wildman–Crippen MR) is 105 cm³/mol. The maximum absolute atomic E-state index is 12.4. The molecule has 2 N–H and O–H groups in total. The van der Waals surface area contributed by atoms with Crippen molar-refractivity contribution < 1.29 is 4.79 Å². The molecular formula is C20H30N4O. The maximum Gasteiger partial charge on any atom is 0.319 e. The Hall–Kier alpha value is -2.14. The minimum Gasteiger partial charge on any atom is -0.336 e. The molecule has 136 valence electrons. The van der Waals surface area contributed by atoms with Gasteiger partial charge in [0.15, 0.2) is 0 Å². The summed E-state index contributed by atoms with van der Waals surface area (Å²) in [5.74, 6) is 0.598. The second-order valence-electron chi connectivity index (χ2n) is 6.74. The number of benzene rings is 1. The minimum atomic E-state index is -0.162. The van der Waals surface area contributed by atoms with E-state index in [0.29, 0.717) is 18.5 Å². The molecule has 5 nitrogen and oxygen atoms in total. The standard InChI is InChI=1S/C20H30N4O/c1-5-24(6-2)17(12-15(3)4)14-22-20(25)23-19-9-7-8-16-13-21-11-10-18(16)19/h7-11,13,15,17H,5-6,12,14H2,1-4H3,(H2,22,23,25). The number of fused-ring (bicyclic) bond motifs is 1. The first-order chi connectivity index (χ1) is 12.0. The van der Waals surface area contributed by atoms with Crippen molar-refractivity contribution in [2.24, 2.45) is 5.92 Å². The Bertz CT molecular complexity index is 677. The zero-order chi connectivity index (χ0) is 18.2. The molecule has 5 heteroatoms. The van der Waals surface area contributed by atoms with E-state index in [1.54, 1.807) is 12.4 Å². The van der Waals surface area contributed by atoms with Gasteiger partial charge in [0.05, 0.1) is 5.69 Å². The molecule has 0 saturated carbocycles. The lowest BCUT2D eigenvalue weighted by Crippen LogP contribution is -2.45.